The minimum atomic E-state index is 0.228. The molecule has 0 spiro atoms. The van der Waals surface area contributed by atoms with E-state index in [-0.39, 0.29) is 6.04 Å². The molecule has 98 valence electrons. The maximum absolute atomic E-state index is 9.56. The number of aryl methyl sites for hydroxylation is 1. The Labute approximate surface area is 117 Å². The van der Waals surface area contributed by atoms with E-state index in [1.54, 1.807) is 12.3 Å². The minimum Gasteiger partial charge on any atom is -0.508 e. The molecule has 19 heavy (non-hydrogen) atoms. The average molecular weight is 275 g/mol. The van der Waals surface area contributed by atoms with Crippen molar-refractivity contribution in [2.45, 2.75) is 25.3 Å². The van der Waals surface area contributed by atoms with Gasteiger partial charge in [0.15, 0.2) is 5.15 Å². The lowest BCUT2D eigenvalue weighted by Crippen LogP contribution is -2.17. The second-order valence-electron chi connectivity index (χ2n) is 4.81. The van der Waals surface area contributed by atoms with Crippen LogP contribution in [0, 0.1) is 0 Å². The molecule has 0 amide bonds. The number of nitrogens with one attached hydrogen (secondary N) is 1. The number of benzene rings is 1. The van der Waals surface area contributed by atoms with Gasteiger partial charge in [0.2, 0.25) is 0 Å². The average Bonchev–Trinajstić information content (AvgIpc) is 2.41. The molecule has 1 aromatic heterocycles. The standard InChI is InChI=1S/C15H15ClN2O/c16-15-14(5-2-8-17-15)18-13-4-1-3-10-9-11(19)6-7-12(10)13/h2,5-9,13,18-19H,1,3-4H2. The van der Waals surface area contributed by atoms with Crippen LogP contribution < -0.4 is 5.32 Å². The lowest BCUT2D eigenvalue weighted by atomic mass is 9.87. The summed E-state index contributed by atoms with van der Waals surface area (Å²) in [6, 6.07) is 9.62. The van der Waals surface area contributed by atoms with Crippen molar-refractivity contribution in [2.75, 3.05) is 5.32 Å². The number of phenolic OH excluding ortho intramolecular Hbond substituents is 1. The maximum atomic E-state index is 9.56. The molecule has 1 aliphatic carbocycles. The van der Waals surface area contributed by atoms with E-state index in [9.17, 15) is 5.11 Å². The first-order valence-corrected chi connectivity index (χ1v) is 6.80. The summed E-state index contributed by atoms with van der Waals surface area (Å²) in [5.41, 5.74) is 3.31. The van der Waals surface area contributed by atoms with Gasteiger partial charge in [0.05, 0.1) is 11.7 Å². The SMILES string of the molecule is Oc1ccc2c(c1)CCCC2Nc1cccnc1Cl. The van der Waals surface area contributed by atoms with Crippen LogP contribution in [0.4, 0.5) is 5.69 Å². The third-order valence-corrected chi connectivity index (χ3v) is 3.83. The fourth-order valence-electron chi connectivity index (χ4n) is 2.63. The smallest absolute Gasteiger partial charge is 0.152 e. The maximum Gasteiger partial charge on any atom is 0.152 e. The Hall–Kier alpha value is -1.74. The first-order chi connectivity index (χ1) is 9.24. The Balaban J connectivity index is 1.90. The fourth-order valence-corrected chi connectivity index (χ4v) is 2.81. The molecule has 2 N–H and O–H groups in total. The number of hydrogen-bond donors (Lipinski definition) is 2. The van der Waals surface area contributed by atoms with Crippen LogP contribution in [-0.4, -0.2) is 10.1 Å². The Morgan fingerprint density at radius 1 is 1.32 bits per heavy atom. The van der Waals surface area contributed by atoms with E-state index in [1.807, 2.05) is 24.3 Å². The van der Waals surface area contributed by atoms with E-state index < -0.39 is 0 Å². The molecule has 2 aromatic rings. The molecule has 3 rings (SSSR count). The lowest BCUT2D eigenvalue weighted by molar-refractivity contribution is 0.472. The lowest BCUT2D eigenvalue weighted by Gasteiger charge is -2.27. The molecular formula is C15H15ClN2O. The van der Waals surface area contributed by atoms with Gasteiger partial charge in [-0.05, 0) is 54.7 Å². The molecule has 1 heterocycles. The molecule has 0 saturated heterocycles. The van der Waals surface area contributed by atoms with E-state index in [2.05, 4.69) is 10.3 Å². The molecule has 1 aliphatic rings. The number of nitrogens with zero attached hydrogens (tertiary/aromatic N) is 1. The number of phenols is 1. The molecule has 0 saturated carbocycles. The minimum absolute atomic E-state index is 0.228. The second kappa shape index (κ2) is 5.10. The predicted octanol–water partition coefficient (Wildman–Crippen LogP) is 3.93. The third-order valence-electron chi connectivity index (χ3n) is 3.53. The van der Waals surface area contributed by atoms with Crippen molar-refractivity contribution in [2.24, 2.45) is 0 Å². The van der Waals surface area contributed by atoms with Gasteiger partial charge in [-0.1, -0.05) is 17.7 Å². The number of halogens is 1. The summed E-state index contributed by atoms with van der Waals surface area (Å²) in [6.45, 7) is 0. The Morgan fingerprint density at radius 2 is 2.21 bits per heavy atom. The highest BCUT2D eigenvalue weighted by atomic mass is 35.5. The highest BCUT2D eigenvalue weighted by Gasteiger charge is 2.21. The first-order valence-electron chi connectivity index (χ1n) is 6.43. The van der Waals surface area contributed by atoms with Gasteiger partial charge in [-0.25, -0.2) is 4.98 Å². The van der Waals surface area contributed by atoms with Crippen LogP contribution in [0.5, 0.6) is 5.75 Å². The van der Waals surface area contributed by atoms with E-state index in [0.29, 0.717) is 10.9 Å². The van der Waals surface area contributed by atoms with Gasteiger partial charge < -0.3 is 10.4 Å². The summed E-state index contributed by atoms with van der Waals surface area (Å²) in [7, 11) is 0. The summed E-state index contributed by atoms with van der Waals surface area (Å²) in [5.74, 6) is 0.332. The van der Waals surface area contributed by atoms with E-state index in [1.165, 1.54) is 11.1 Å². The van der Waals surface area contributed by atoms with Gasteiger partial charge in [-0.3, -0.25) is 0 Å². The van der Waals surface area contributed by atoms with Gasteiger partial charge in [-0.15, -0.1) is 0 Å². The molecule has 3 nitrogen and oxygen atoms in total. The van der Waals surface area contributed by atoms with Crippen molar-refractivity contribution in [3.8, 4) is 5.75 Å². The van der Waals surface area contributed by atoms with Gasteiger partial charge >= 0.3 is 0 Å². The van der Waals surface area contributed by atoms with Gasteiger partial charge in [0.1, 0.15) is 5.75 Å². The Kier molecular flexibility index (Phi) is 3.30. The topological polar surface area (TPSA) is 45.1 Å². The van der Waals surface area contributed by atoms with Crippen LogP contribution in [0.1, 0.15) is 30.0 Å². The number of fused-ring (bicyclic) bond motifs is 1. The van der Waals surface area contributed by atoms with Crippen LogP contribution >= 0.6 is 11.6 Å². The molecule has 1 aromatic carbocycles. The third kappa shape index (κ3) is 2.51. The first kappa shape index (κ1) is 12.3. The van der Waals surface area contributed by atoms with Crippen LogP contribution in [0.25, 0.3) is 0 Å². The van der Waals surface area contributed by atoms with E-state index in [4.69, 9.17) is 11.6 Å². The summed E-state index contributed by atoms with van der Waals surface area (Å²) in [4.78, 5) is 4.08. The number of pyridine rings is 1. The highest BCUT2D eigenvalue weighted by molar-refractivity contribution is 6.31. The molecular weight excluding hydrogens is 260 g/mol. The molecule has 0 radical (unpaired) electrons. The van der Waals surface area contributed by atoms with Gasteiger partial charge in [0, 0.05) is 6.20 Å². The molecule has 0 aliphatic heterocycles. The number of aromatic nitrogens is 1. The summed E-state index contributed by atoms with van der Waals surface area (Å²) >= 11 is 6.08. The summed E-state index contributed by atoms with van der Waals surface area (Å²) in [6.07, 6.45) is 4.86. The Morgan fingerprint density at radius 3 is 3.05 bits per heavy atom. The molecule has 0 bridgehead atoms. The van der Waals surface area contributed by atoms with Crippen LogP contribution in [0.15, 0.2) is 36.5 Å². The monoisotopic (exact) mass is 274 g/mol. The fraction of sp³-hybridized carbons (Fsp3) is 0.267. The Bertz CT molecular complexity index is 600. The second-order valence-corrected chi connectivity index (χ2v) is 5.17. The van der Waals surface area contributed by atoms with Crippen molar-refractivity contribution >= 4 is 17.3 Å². The van der Waals surface area contributed by atoms with Crippen LogP contribution in [0.3, 0.4) is 0 Å². The van der Waals surface area contributed by atoms with Crippen molar-refractivity contribution in [1.29, 1.82) is 0 Å². The molecule has 1 unspecified atom stereocenters. The van der Waals surface area contributed by atoms with E-state index in [0.717, 1.165) is 24.9 Å². The quantitative estimate of drug-likeness (QED) is 0.816. The van der Waals surface area contributed by atoms with Crippen molar-refractivity contribution in [3.05, 3.63) is 52.8 Å². The van der Waals surface area contributed by atoms with Crippen molar-refractivity contribution in [1.82, 2.24) is 4.98 Å². The van der Waals surface area contributed by atoms with E-state index >= 15 is 0 Å². The molecule has 0 fully saturated rings. The van der Waals surface area contributed by atoms with Crippen molar-refractivity contribution in [3.63, 3.8) is 0 Å². The van der Waals surface area contributed by atoms with Gasteiger partial charge in [0.25, 0.3) is 0 Å². The number of anilines is 1. The molecule has 4 heteroatoms. The zero-order chi connectivity index (χ0) is 13.2. The highest BCUT2D eigenvalue weighted by Crippen LogP contribution is 2.35. The normalized spacial score (nSPS) is 17.8. The van der Waals surface area contributed by atoms with Crippen LogP contribution in [0.2, 0.25) is 5.15 Å². The van der Waals surface area contributed by atoms with Crippen LogP contribution in [-0.2, 0) is 6.42 Å². The van der Waals surface area contributed by atoms with Gasteiger partial charge in [-0.2, -0.15) is 0 Å². The summed E-state index contributed by atoms with van der Waals surface area (Å²) < 4.78 is 0. The van der Waals surface area contributed by atoms with Crippen molar-refractivity contribution < 1.29 is 5.11 Å². The molecule has 1 atom stereocenters. The summed E-state index contributed by atoms with van der Waals surface area (Å²) in [5, 5.41) is 13.5. The largest absolute Gasteiger partial charge is 0.508 e. The zero-order valence-corrected chi connectivity index (χ0v) is 11.2. The predicted molar refractivity (Wildman–Crippen MR) is 76.7 cm³/mol. The number of rotatable bonds is 2. The number of aromatic hydroxyl groups is 1. The number of hydrogen-bond acceptors (Lipinski definition) is 3. The zero-order valence-electron chi connectivity index (χ0n) is 10.4.